The van der Waals surface area contributed by atoms with Gasteiger partial charge >= 0.3 is 5.97 Å². The molecule has 1 heterocycles. The normalized spacial score (nSPS) is 16.8. The fourth-order valence-corrected chi connectivity index (χ4v) is 3.79. The number of amides is 1. The number of carbonyl (C=O) groups is 2. The Morgan fingerprint density at radius 1 is 1.10 bits per heavy atom. The molecule has 2 aromatic carbocycles. The smallest absolute Gasteiger partial charge is 0.331 e. The molecule has 1 aliphatic carbocycles. The first kappa shape index (κ1) is 19.8. The molecule has 5 nitrogen and oxygen atoms in total. The quantitative estimate of drug-likeness (QED) is 0.510. The molecule has 1 N–H and O–H groups in total. The minimum Gasteiger partial charge on any atom is -0.449 e. The second-order valence-electron chi connectivity index (χ2n) is 7.49. The largest absolute Gasteiger partial charge is 0.449 e. The number of pyridine rings is 1. The molecular weight excluding hydrogens is 376 g/mol. The fourth-order valence-electron chi connectivity index (χ4n) is 3.79. The van der Waals surface area contributed by atoms with Crippen LogP contribution >= 0.6 is 0 Å². The molecule has 3 aromatic rings. The van der Waals surface area contributed by atoms with E-state index in [1.165, 1.54) is 11.6 Å². The Labute approximate surface area is 175 Å². The average molecular weight is 400 g/mol. The van der Waals surface area contributed by atoms with Crippen LogP contribution in [-0.4, -0.2) is 23.0 Å². The fraction of sp³-hybridized carbons (Fsp3) is 0.240. The number of rotatable bonds is 5. The van der Waals surface area contributed by atoms with E-state index >= 15 is 0 Å². The van der Waals surface area contributed by atoms with Crippen LogP contribution in [0, 0.1) is 0 Å². The number of esters is 1. The number of ether oxygens (including phenoxy) is 1. The lowest BCUT2D eigenvalue weighted by molar-refractivity contribution is -0.150. The van der Waals surface area contributed by atoms with Crippen molar-refractivity contribution in [2.45, 2.75) is 38.3 Å². The second kappa shape index (κ2) is 8.91. The third-order valence-corrected chi connectivity index (χ3v) is 5.36. The minimum atomic E-state index is -0.874. The molecule has 1 aromatic heterocycles. The predicted octanol–water partition coefficient (Wildman–Crippen LogP) is 4.37. The Balaban J connectivity index is 1.35. The van der Waals surface area contributed by atoms with Crippen molar-refractivity contribution < 1.29 is 14.3 Å². The van der Waals surface area contributed by atoms with Crippen LogP contribution in [0.2, 0.25) is 0 Å². The SMILES string of the molecule is C[C@@H](OC(=O)/C=C/c1ccc2ccccc2n1)C(=O)N[C@@H]1CCCc2ccccc21. The molecule has 2 atom stereocenters. The van der Waals surface area contributed by atoms with Gasteiger partial charge in [0.1, 0.15) is 0 Å². The molecule has 0 fully saturated rings. The van der Waals surface area contributed by atoms with Gasteiger partial charge in [0.25, 0.3) is 5.91 Å². The first-order valence-corrected chi connectivity index (χ1v) is 10.2. The maximum absolute atomic E-state index is 12.6. The second-order valence-corrected chi connectivity index (χ2v) is 7.49. The summed E-state index contributed by atoms with van der Waals surface area (Å²) in [7, 11) is 0. The van der Waals surface area contributed by atoms with Gasteiger partial charge in [-0.1, -0.05) is 48.5 Å². The van der Waals surface area contributed by atoms with E-state index in [1.54, 1.807) is 13.0 Å². The zero-order valence-corrected chi connectivity index (χ0v) is 16.9. The number of para-hydroxylation sites is 1. The third-order valence-electron chi connectivity index (χ3n) is 5.36. The van der Waals surface area contributed by atoms with E-state index in [-0.39, 0.29) is 11.9 Å². The van der Waals surface area contributed by atoms with Gasteiger partial charge in [0.2, 0.25) is 0 Å². The van der Waals surface area contributed by atoms with E-state index < -0.39 is 12.1 Å². The number of carbonyl (C=O) groups excluding carboxylic acids is 2. The van der Waals surface area contributed by atoms with Gasteiger partial charge in [0, 0.05) is 11.5 Å². The van der Waals surface area contributed by atoms with Gasteiger partial charge in [-0.15, -0.1) is 0 Å². The van der Waals surface area contributed by atoms with Crippen molar-refractivity contribution in [3.63, 3.8) is 0 Å². The van der Waals surface area contributed by atoms with E-state index in [4.69, 9.17) is 4.74 Å². The highest BCUT2D eigenvalue weighted by Crippen LogP contribution is 2.29. The van der Waals surface area contributed by atoms with Crippen molar-refractivity contribution in [2.75, 3.05) is 0 Å². The summed E-state index contributed by atoms with van der Waals surface area (Å²) in [5.41, 5.74) is 3.93. The molecule has 30 heavy (non-hydrogen) atoms. The van der Waals surface area contributed by atoms with Crippen LogP contribution in [-0.2, 0) is 20.7 Å². The molecule has 0 saturated carbocycles. The monoisotopic (exact) mass is 400 g/mol. The maximum Gasteiger partial charge on any atom is 0.331 e. The average Bonchev–Trinajstić information content (AvgIpc) is 2.77. The van der Waals surface area contributed by atoms with E-state index in [2.05, 4.69) is 22.4 Å². The lowest BCUT2D eigenvalue weighted by Crippen LogP contribution is -2.39. The van der Waals surface area contributed by atoms with E-state index in [0.717, 1.165) is 35.7 Å². The summed E-state index contributed by atoms with van der Waals surface area (Å²) in [4.78, 5) is 29.2. The third kappa shape index (κ3) is 4.57. The zero-order chi connectivity index (χ0) is 20.9. The molecule has 0 saturated heterocycles. The van der Waals surface area contributed by atoms with Gasteiger partial charge in [0.15, 0.2) is 6.10 Å². The molecule has 0 bridgehead atoms. The Kier molecular flexibility index (Phi) is 5.89. The topological polar surface area (TPSA) is 68.3 Å². The van der Waals surface area contributed by atoms with E-state index in [9.17, 15) is 9.59 Å². The summed E-state index contributed by atoms with van der Waals surface area (Å²) >= 11 is 0. The van der Waals surface area contributed by atoms with Crippen LogP contribution in [0.5, 0.6) is 0 Å². The van der Waals surface area contributed by atoms with Crippen LogP contribution in [0.15, 0.2) is 66.7 Å². The Morgan fingerprint density at radius 2 is 1.90 bits per heavy atom. The van der Waals surface area contributed by atoms with Crippen molar-refractivity contribution in [2.24, 2.45) is 0 Å². The molecule has 152 valence electrons. The summed E-state index contributed by atoms with van der Waals surface area (Å²) in [6.45, 7) is 1.59. The van der Waals surface area contributed by atoms with Crippen molar-refractivity contribution >= 4 is 28.9 Å². The zero-order valence-electron chi connectivity index (χ0n) is 16.9. The first-order chi connectivity index (χ1) is 14.6. The molecule has 5 heteroatoms. The van der Waals surface area contributed by atoms with Crippen LogP contribution < -0.4 is 5.32 Å². The number of aryl methyl sites for hydroxylation is 1. The molecule has 4 rings (SSSR count). The van der Waals surface area contributed by atoms with Crippen molar-refractivity contribution in [3.05, 3.63) is 83.6 Å². The lowest BCUT2D eigenvalue weighted by atomic mass is 9.87. The van der Waals surface area contributed by atoms with Gasteiger partial charge in [-0.05, 0) is 55.5 Å². The summed E-state index contributed by atoms with van der Waals surface area (Å²) in [5, 5.41) is 4.06. The van der Waals surface area contributed by atoms with Crippen LogP contribution in [0.1, 0.15) is 42.6 Å². The number of nitrogens with one attached hydrogen (secondary N) is 1. The maximum atomic E-state index is 12.6. The van der Waals surface area contributed by atoms with Crippen molar-refractivity contribution in [1.29, 1.82) is 0 Å². The number of aromatic nitrogens is 1. The summed E-state index contributed by atoms with van der Waals surface area (Å²) in [5.74, 6) is -0.862. The van der Waals surface area contributed by atoms with E-state index in [0.29, 0.717) is 5.69 Å². The molecule has 0 aliphatic heterocycles. The molecule has 1 amide bonds. The minimum absolute atomic E-state index is 0.0408. The number of hydrogen-bond acceptors (Lipinski definition) is 4. The van der Waals surface area contributed by atoms with E-state index in [1.807, 2.05) is 48.5 Å². The Morgan fingerprint density at radius 3 is 2.80 bits per heavy atom. The molecular formula is C25H24N2O3. The number of hydrogen-bond donors (Lipinski definition) is 1. The highest BCUT2D eigenvalue weighted by molar-refractivity contribution is 5.90. The van der Waals surface area contributed by atoms with Gasteiger partial charge in [-0.25, -0.2) is 9.78 Å². The highest BCUT2D eigenvalue weighted by atomic mass is 16.5. The predicted molar refractivity (Wildman–Crippen MR) is 117 cm³/mol. The van der Waals surface area contributed by atoms with Crippen molar-refractivity contribution in [1.82, 2.24) is 10.3 Å². The van der Waals surface area contributed by atoms with Gasteiger partial charge in [0.05, 0.1) is 17.3 Å². The number of benzene rings is 2. The Bertz CT molecular complexity index is 1110. The van der Waals surface area contributed by atoms with Gasteiger partial charge in [-0.3, -0.25) is 4.79 Å². The highest BCUT2D eigenvalue weighted by Gasteiger charge is 2.24. The van der Waals surface area contributed by atoms with Crippen LogP contribution in [0.4, 0.5) is 0 Å². The summed E-state index contributed by atoms with van der Waals surface area (Å²) < 4.78 is 5.29. The van der Waals surface area contributed by atoms with Crippen LogP contribution in [0.3, 0.4) is 0 Å². The number of fused-ring (bicyclic) bond motifs is 2. The molecule has 0 spiro atoms. The summed E-state index contributed by atoms with van der Waals surface area (Å²) in [6, 6.07) is 19.7. The molecule has 0 unspecified atom stereocenters. The van der Waals surface area contributed by atoms with Gasteiger partial charge in [-0.2, -0.15) is 0 Å². The van der Waals surface area contributed by atoms with Crippen molar-refractivity contribution in [3.8, 4) is 0 Å². The standard InChI is InChI=1S/C25H24N2O3/c1-17(25(29)27-23-12-6-9-18-7-2-4-10-21(18)23)30-24(28)16-15-20-14-13-19-8-3-5-11-22(19)26-20/h2-5,7-8,10-11,13-17,23H,6,9,12H2,1H3,(H,27,29)/b16-15+/t17-,23-/m1/s1. The molecule has 1 aliphatic rings. The lowest BCUT2D eigenvalue weighted by Gasteiger charge is -2.27. The number of nitrogens with zero attached hydrogens (tertiary/aromatic N) is 1. The first-order valence-electron chi connectivity index (χ1n) is 10.2. The summed E-state index contributed by atoms with van der Waals surface area (Å²) in [6.07, 6.45) is 4.96. The van der Waals surface area contributed by atoms with Crippen LogP contribution in [0.25, 0.3) is 17.0 Å². The molecule has 0 radical (unpaired) electrons. The van der Waals surface area contributed by atoms with Gasteiger partial charge < -0.3 is 10.1 Å². The Hall–Kier alpha value is -3.47.